The van der Waals surface area contributed by atoms with Gasteiger partial charge in [-0.15, -0.1) is 0 Å². The fraction of sp³-hybridized carbons (Fsp3) is 0.667. The van der Waals surface area contributed by atoms with Crippen LogP contribution in [0.5, 0.6) is 0 Å². The first-order valence-electron chi connectivity index (χ1n) is 7.68. The van der Waals surface area contributed by atoms with E-state index in [1.807, 2.05) is 12.1 Å². The lowest BCUT2D eigenvalue weighted by molar-refractivity contribution is 0.275. The Morgan fingerprint density at radius 1 is 1.20 bits per heavy atom. The van der Waals surface area contributed by atoms with Crippen molar-refractivity contribution in [3.8, 4) is 0 Å². The number of anilines is 3. The van der Waals surface area contributed by atoms with E-state index in [0.717, 1.165) is 56.2 Å². The molecule has 0 saturated carbocycles. The minimum Gasteiger partial charge on any atom is -0.396 e. The van der Waals surface area contributed by atoms with Crippen LogP contribution in [0, 0.1) is 0 Å². The maximum Gasteiger partial charge on any atom is 0.154 e. The van der Waals surface area contributed by atoms with E-state index in [-0.39, 0.29) is 6.61 Å². The third-order valence-corrected chi connectivity index (χ3v) is 4.43. The van der Waals surface area contributed by atoms with Crippen LogP contribution in [0.3, 0.4) is 0 Å². The van der Waals surface area contributed by atoms with E-state index >= 15 is 0 Å². The summed E-state index contributed by atoms with van der Waals surface area (Å²) in [6, 6.07) is 4.38. The van der Waals surface area contributed by atoms with Crippen LogP contribution in [-0.2, 0) is 0 Å². The van der Waals surface area contributed by atoms with E-state index in [1.165, 1.54) is 12.8 Å². The first-order chi connectivity index (χ1) is 9.79. The normalized spacial score (nSPS) is 22.8. The van der Waals surface area contributed by atoms with Gasteiger partial charge >= 0.3 is 0 Å². The Hall–Kier alpha value is -1.49. The van der Waals surface area contributed by atoms with Crippen LogP contribution in [0.15, 0.2) is 12.1 Å². The molecule has 3 heterocycles. The van der Waals surface area contributed by atoms with Gasteiger partial charge in [0.15, 0.2) is 5.82 Å². The van der Waals surface area contributed by atoms with Crippen molar-refractivity contribution in [1.82, 2.24) is 4.98 Å². The first-order valence-corrected chi connectivity index (χ1v) is 7.68. The standard InChI is InChI=1S/C15H24N4O/c16-13-5-6-14(18-8-1-2-9-18)17-15(13)19-10-3-4-12(19)7-11-20/h5-6,12,20H,1-4,7-11,16H2. The molecule has 0 bridgehead atoms. The number of nitrogen functional groups attached to an aromatic ring is 1. The van der Waals surface area contributed by atoms with E-state index in [4.69, 9.17) is 10.7 Å². The molecule has 0 spiro atoms. The quantitative estimate of drug-likeness (QED) is 0.874. The molecule has 0 aromatic carbocycles. The van der Waals surface area contributed by atoms with Gasteiger partial charge in [0.1, 0.15) is 5.82 Å². The number of aromatic nitrogens is 1. The van der Waals surface area contributed by atoms with Gasteiger partial charge in [-0.25, -0.2) is 4.98 Å². The second-order valence-electron chi connectivity index (χ2n) is 5.78. The predicted octanol–water partition coefficient (Wildman–Crippen LogP) is 1.62. The lowest BCUT2D eigenvalue weighted by Crippen LogP contribution is -2.32. The predicted molar refractivity (Wildman–Crippen MR) is 82.2 cm³/mol. The van der Waals surface area contributed by atoms with Crippen LogP contribution in [0.2, 0.25) is 0 Å². The van der Waals surface area contributed by atoms with Gasteiger partial charge < -0.3 is 20.6 Å². The van der Waals surface area contributed by atoms with Crippen LogP contribution in [0.25, 0.3) is 0 Å². The molecule has 20 heavy (non-hydrogen) atoms. The van der Waals surface area contributed by atoms with Gasteiger partial charge in [-0.05, 0) is 44.2 Å². The van der Waals surface area contributed by atoms with Gasteiger partial charge in [-0.2, -0.15) is 0 Å². The molecule has 5 heteroatoms. The summed E-state index contributed by atoms with van der Waals surface area (Å²) < 4.78 is 0. The fourth-order valence-corrected chi connectivity index (χ4v) is 3.37. The molecule has 3 N–H and O–H groups in total. The summed E-state index contributed by atoms with van der Waals surface area (Å²) in [4.78, 5) is 9.43. The average Bonchev–Trinajstić information content (AvgIpc) is 3.11. The van der Waals surface area contributed by atoms with Crippen LogP contribution in [0.1, 0.15) is 32.1 Å². The van der Waals surface area contributed by atoms with Gasteiger partial charge in [0.05, 0.1) is 5.69 Å². The molecule has 0 amide bonds. The Morgan fingerprint density at radius 2 is 2.00 bits per heavy atom. The van der Waals surface area contributed by atoms with Crippen molar-refractivity contribution in [2.24, 2.45) is 0 Å². The molecule has 2 aliphatic heterocycles. The Bertz CT molecular complexity index is 459. The summed E-state index contributed by atoms with van der Waals surface area (Å²) >= 11 is 0. The highest BCUT2D eigenvalue weighted by Gasteiger charge is 2.27. The molecule has 3 rings (SSSR count). The summed E-state index contributed by atoms with van der Waals surface area (Å²) in [6.07, 6.45) is 5.57. The highest BCUT2D eigenvalue weighted by Crippen LogP contribution is 2.32. The molecular formula is C15H24N4O. The minimum atomic E-state index is 0.229. The molecular weight excluding hydrogens is 252 g/mol. The van der Waals surface area contributed by atoms with E-state index in [0.29, 0.717) is 6.04 Å². The second kappa shape index (κ2) is 5.87. The zero-order valence-corrected chi connectivity index (χ0v) is 12.0. The van der Waals surface area contributed by atoms with Crippen molar-refractivity contribution in [3.63, 3.8) is 0 Å². The second-order valence-corrected chi connectivity index (χ2v) is 5.78. The summed E-state index contributed by atoms with van der Waals surface area (Å²) in [7, 11) is 0. The van der Waals surface area contributed by atoms with Crippen LogP contribution in [0.4, 0.5) is 17.3 Å². The number of aliphatic hydroxyl groups excluding tert-OH is 1. The van der Waals surface area contributed by atoms with Crippen molar-refractivity contribution >= 4 is 17.3 Å². The van der Waals surface area contributed by atoms with Crippen molar-refractivity contribution in [2.45, 2.75) is 38.1 Å². The molecule has 2 fully saturated rings. The van der Waals surface area contributed by atoms with E-state index in [9.17, 15) is 5.11 Å². The Balaban J connectivity index is 1.85. The minimum absolute atomic E-state index is 0.229. The molecule has 0 radical (unpaired) electrons. The number of pyridine rings is 1. The van der Waals surface area contributed by atoms with Crippen LogP contribution < -0.4 is 15.5 Å². The molecule has 2 aliphatic rings. The smallest absolute Gasteiger partial charge is 0.154 e. The topological polar surface area (TPSA) is 65.6 Å². The Morgan fingerprint density at radius 3 is 2.75 bits per heavy atom. The number of aliphatic hydroxyl groups is 1. The molecule has 5 nitrogen and oxygen atoms in total. The highest BCUT2D eigenvalue weighted by molar-refractivity contribution is 5.67. The van der Waals surface area contributed by atoms with Crippen molar-refractivity contribution in [2.75, 3.05) is 41.8 Å². The summed E-state index contributed by atoms with van der Waals surface area (Å²) in [5.74, 6) is 1.95. The summed E-state index contributed by atoms with van der Waals surface area (Å²) in [5, 5.41) is 9.20. The van der Waals surface area contributed by atoms with Gasteiger partial charge in [0.25, 0.3) is 0 Å². The molecule has 1 unspecified atom stereocenters. The summed E-state index contributed by atoms with van der Waals surface area (Å²) in [5.41, 5.74) is 6.89. The monoisotopic (exact) mass is 276 g/mol. The number of nitrogens with two attached hydrogens (primary N) is 1. The Kier molecular flexibility index (Phi) is 3.96. The molecule has 1 aromatic rings. The zero-order chi connectivity index (χ0) is 13.9. The molecule has 110 valence electrons. The molecule has 1 aromatic heterocycles. The van der Waals surface area contributed by atoms with Gasteiger partial charge in [-0.1, -0.05) is 0 Å². The fourth-order valence-electron chi connectivity index (χ4n) is 3.37. The lowest BCUT2D eigenvalue weighted by atomic mass is 10.1. The average molecular weight is 276 g/mol. The van der Waals surface area contributed by atoms with Crippen LogP contribution >= 0.6 is 0 Å². The van der Waals surface area contributed by atoms with Gasteiger partial charge in [0, 0.05) is 32.3 Å². The third-order valence-electron chi connectivity index (χ3n) is 4.43. The van der Waals surface area contributed by atoms with Gasteiger partial charge in [0.2, 0.25) is 0 Å². The van der Waals surface area contributed by atoms with E-state index in [1.54, 1.807) is 0 Å². The Labute approximate surface area is 120 Å². The van der Waals surface area contributed by atoms with Gasteiger partial charge in [-0.3, -0.25) is 0 Å². The molecule has 2 saturated heterocycles. The number of hydrogen-bond donors (Lipinski definition) is 2. The summed E-state index contributed by atoms with van der Waals surface area (Å²) in [6.45, 7) is 3.41. The van der Waals surface area contributed by atoms with Crippen molar-refractivity contribution in [3.05, 3.63) is 12.1 Å². The maximum absolute atomic E-state index is 9.20. The number of nitrogens with zero attached hydrogens (tertiary/aromatic N) is 3. The molecule has 1 atom stereocenters. The van der Waals surface area contributed by atoms with Crippen molar-refractivity contribution < 1.29 is 5.11 Å². The van der Waals surface area contributed by atoms with E-state index in [2.05, 4.69) is 9.80 Å². The first kappa shape index (κ1) is 13.5. The van der Waals surface area contributed by atoms with Crippen LogP contribution in [-0.4, -0.2) is 42.4 Å². The SMILES string of the molecule is Nc1ccc(N2CCCC2)nc1N1CCCC1CCO. The van der Waals surface area contributed by atoms with E-state index < -0.39 is 0 Å². The maximum atomic E-state index is 9.20. The largest absolute Gasteiger partial charge is 0.396 e. The third kappa shape index (κ3) is 2.54. The highest BCUT2D eigenvalue weighted by atomic mass is 16.3. The number of rotatable bonds is 4. The number of hydrogen-bond acceptors (Lipinski definition) is 5. The van der Waals surface area contributed by atoms with Crippen molar-refractivity contribution in [1.29, 1.82) is 0 Å². The molecule has 0 aliphatic carbocycles. The zero-order valence-electron chi connectivity index (χ0n) is 12.0. The lowest BCUT2D eigenvalue weighted by Gasteiger charge is -2.28.